The van der Waals surface area contributed by atoms with Gasteiger partial charge in [0.1, 0.15) is 12.2 Å². The summed E-state index contributed by atoms with van der Waals surface area (Å²) in [4.78, 5) is 20.0. The number of benzene rings is 7. The van der Waals surface area contributed by atoms with Crippen LogP contribution in [0.25, 0.3) is 27.5 Å². The molecule has 2 unspecified atom stereocenters. The lowest BCUT2D eigenvalue weighted by Gasteiger charge is -2.42. The zero-order chi connectivity index (χ0) is 41.0. The van der Waals surface area contributed by atoms with Gasteiger partial charge < -0.3 is 19.1 Å². The van der Waals surface area contributed by atoms with Crippen molar-refractivity contribution in [3.8, 4) is 5.69 Å². The van der Waals surface area contributed by atoms with E-state index in [9.17, 15) is 0 Å². The summed E-state index contributed by atoms with van der Waals surface area (Å²) in [6.45, 7) is 15.9. The van der Waals surface area contributed by atoms with E-state index in [-0.39, 0.29) is 33.9 Å². The van der Waals surface area contributed by atoms with Crippen LogP contribution >= 0.6 is 0 Å². The Balaban J connectivity index is 1.12. The molecule has 5 nitrogen and oxygen atoms in total. The Morgan fingerprint density at radius 3 is 1.48 bits per heavy atom. The number of hydrogen-bond donors (Lipinski definition) is 0. The van der Waals surface area contributed by atoms with Crippen LogP contribution in [-0.2, 0) is 21.0 Å². The molecule has 7 aromatic carbocycles. The molecule has 0 amide bonds. The van der Waals surface area contributed by atoms with Gasteiger partial charge in [0.25, 0.3) is 0 Å². The topological polar surface area (TPSA) is 41.0 Å². The smallest absolute Gasteiger partial charge is 0.197 e. The lowest BCUT2D eigenvalue weighted by atomic mass is 9.73. The van der Waals surface area contributed by atoms with Crippen molar-refractivity contribution < 1.29 is 4.74 Å². The third-order valence-electron chi connectivity index (χ3n) is 14.1. The molecule has 5 heterocycles. The summed E-state index contributed by atoms with van der Waals surface area (Å²) in [6, 6.07) is 52.8. The molecule has 5 heteroatoms. The molecule has 0 aliphatic carbocycles. The first kappa shape index (κ1) is 35.5. The fraction of sp³-hybridized carbons (Fsp3) is 0.218. The van der Waals surface area contributed by atoms with Crippen LogP contribution in [0.5, 0.6) is 0 Å². The summed E-state index contributed by atoms with van der Waals surface area (Å²) in [6.07, 6.45) is -0.294. The minimum absolute atomic E-state index is 0.0470. The average Bonchev–Trinajstić information content (AvgIpc) is 4.06. The molecule has 4 aliphatic rings. The van der Waals surface area contributed by atoms with Crippen molar-refractivity contribution in [3.05, 3.63) is 195 Å². The molecule has 8 aromatic rings. The molecule has 0 saturated carbocycles. The third kappa shape index (κ3) is 4.70. The van der Waals surface area contributed by atoms with Crippen LogP contribution in [0.4, 0.5) is 34.1 Å². The van der Waals surface area contributed by atoms with E-state index in [2.05, 4.69) is 208 Å². The van der Waals surface area contributed by atoms with Crippen LogP contribution in [0.2, 0.25) is 0 Å². The number of ether oxygens (including phenoxy) is 1. The van der Waals surface area contributed by atoms with Crippen molar-refractivity contribution in [1.82, 2.24) is 4.57 Å². The van der Waals surface area contributed by atoms with Crippen molar-refractivity contribution in [2.75, 3.05) is 9.80 Å². The van der Waals surface area contributed by atoms with Crippen molar-refractivity contribution >= 4 is 55.9 Å². The number of epoxide rings is 1. The molecule has 60 heavy (non-hydrogen) atoms. The van der Waals surface area contributed by atoms with Crippen molar-refractivity contribution in [1.29, 1.82) is 0 Å². The summed E-state index contributed by atoms with van der Waals surface area (Å²) >= 11 is 0. The number of anilines is 6. The maximum Gasteiger partial charge on any atom is 0.197 e. The molecular weight excluding hydrogens is 735 g/mol. The molecule has 0 radical (unpaired) electrons. The first-order valence-corrected chi connectivity index (χ1v) is 21.3. The molecule has 0 spiro atoms. The second-order valence-corrected chi connectivity index (χ2v) is 19.3. The van der Waals surface area contributed by atoms with Gasteiger partial charge in [0.05, 0.1) is 39.5 Å². The number of para-hydroxylation sites is 4. The molecule has 0 bridgehead atoms. The van der Waals surface area contributed by atoms with E-state index >= 15 is 4.79 Å². The molecule has 1 aromatic heterocycles. The Bertz CT molecular complexity index is 3140. The number of fused-ring (bicyclic) bond motifs is 11. The van der Waals surface area contributed by atoms with Crippen LogP contribution in [0.3, 0.4) is 0 Å². The van der Waals surface area contributed by atoms with E-state index in [4.69, 9.17) is 4.74 Å². The number of hydrogen-bond acceptors (Lipinski definition) is 4. The van der Waals surface area contributed by atoms with Crippen LogP contribution in [0, 0.1) is 0 Å². The first-order valence-electron chi connectivity index (χ1n) is 21.3. The number of aromatic nitrogens is 1. The van der Waals surface area contributed by atoms with E-state index < -0.39 is 0 Å². The number of rotatable bonds is 2. The van der Waals surface area contributed by atoms with Gasteiger partial charge in [-0.2, -0.15) is 0 Å². The van der Waals surface area contributed by atoms with Gasteiger partial charge in [0.2, 0.25) is 0 Å². The fourth-order valence-electron chi connectivity index (χ4n) is 10.9. The Labute approximate surface area is 351 Å². The van der Waals surface area contributed by atoms with E-state index in [1.54, 1.807) is 0 Å². The molecule has 12 rings (SSSR count). The molecule has 2 atom stereocenters. The maximum absolute atomic E-state index is 15.3. The van der Waals surface area contributed by atoms with Gasteiger partial charge in [0.15, 0.2) is 5.43 Å². The Morgan fingerprint density at radius 1 is 0.500 bits per heavy atom. The Hall–Kier alpha value is -6.43. The Morgan fingerprint density at radius 2 is 0.967 bits per heavy atom. The molecule has 294 valence electrons. The van der Waals surface area contributed by atoms with Gasteiger partial charge in [-0.25, -0.2) is 0 Å². The lowest BCUT2D eigenvalue weighted by Crippen LogP contribution is -2.30. The van der Waals surface area contributed by atoms with E-state index in [1.165, 1.54) is 33.6 Å². The summed E-state index contributed by atoms with van der Waals surface area (Å²) in [5.41, 5.74) is 17.6. The second kappa shape index (κ2) is 11.9. The summed E-state index contributed by atoms with van der Waals surface area (Å²) in [7, 11) is 0. The monoisotopic (exact) mass is 781 g/mol. The average molecular weight is 782 g/mol. The quantitative estimate of drug-likeness (QED) is 0.129. The minimum Gasteiger partial charge on any atom is -0.359 e. The lowest BCUT2D eigenvalue weighted by molar-refractivity contribution is 0.377. The van der Waals surface area contributed by atoms with E-state index in [0.29, 0.717) is 5.39 Å². The summed E-state index contributed by atoms with van der Waals surface area (Å²) in [5, 5.41) is 1.43. The van der Waals surface area contributed by atoms with Crippen LogP contribution in [-0.4, -0.2) is 4.57 Å². The zero-order valence-electron chi connectivity index (χ0n) is 35.2. The first-order chi connectivity index (χ1) is 28.8. The van der Waals surface area contributed by atoms with Gasteiger partial charge in [-0.05, 0) is 100.0 Å². The highest BCUT2D eigenvalue weighted by Crippen LogP contribution is 2.59. The highest BCUT2D eigenvalue weighted by molar-refractivity contribution is 6.01. The van der Waals surface area contributed by atoms with Crippen molar-refractivity contribution in [3.63, 3.8) is 0 Å². The molecule has 1 fully saturated rings. The SMILES string of the molecule is CC(C)(C)c1cc2c3c(c1)c(=O)c1cc(N4c5ccccc5C(C)(C)c5ccccc54)ccc1n3-c1ccc(N3c4ccccc4C(C)(C)c4ccccc43)cc1C1OC21. The largest absolute Gasteiger partial charge is 0.359 e. The Kier molecular flexibility index (Phi) is 7.02. The van der Waals surface area contributed by atoms with Gasteiger partial charge in [-0.3, -0.25) is 4.79 Å². The van der Waals surface area contributed by atoms with E-state index in [1.807, 2.05) is 0 Å². The zero-order valence-corrected chi connectivity index (χ0v) is 35.2. The predicted octanol–water partition coefficient (Wildman–Crippen LogP) is 13.8. The van der Waals surface area contributed by atoms with Crippen LogP contribution in [0.1, 0.15) is 99.6 Å². The summed E-state index contributed by atoms with van der Waals surface area (Å²) < 4.78 is 9.08. The maximum atomic E-state index is 15.3. The van der Waals surface area contributed by atoms with Crippen LogP contribution < -0.4 is 15.2 Å². The molecule has 1 saturated heterocycles. The van der Waals surface area contributed by atoms with Crippen LogP contribution in [0.15, 0.2) is 150 Å². The molecule has 4 aliphatic heterocycles. The van der Waals surface area contributed by atoms with Gasteiger partial charge in [-0.15, -0.1) is 0 Å². The normalized spacial score (nSPS) is 18.8. The highest BCUT2D eigenvalue weighted by Gasteiger charge is 2.48. The van der Waals surface area contributed by atoms with Gasteiger partial charge >= 0.3 is 0 Å². The van der Waals surface area contributed by atoms with Gasteiger partial charge in [-0.1, -0.05) is 127 Å². The predicted molar refractivity (Wildman–Crippen MR) is 246 cm³/mol. The van der Waals surface area contributed by atoms with Crippen molar-refractivity contribution in [2.45, 2.75) is 76.9 Å². The summed E-state index contributed by atoms with van der Waals surface area (Å²) in [5.74, 6) is 0. The molecular formula is C55H47N3O2. The highest BCUT2D eigenvalue weighted by atomic mass is 16.6. The molecule has 0 N–H and O–H groups in total. The third-order valence-corrected chi connectivity index (χ3v) is 14.1. The second-order valence-electron chi connectivity index (χ2n) is 19.3. The van der Waals surface area contributed by atoms with Gasteiger partial charge in [0, 0.05) is 44.1 Å². The van der Waals surface area contributed by atoms with Crippen molar-refractivity contribution in [2.24, 2.45) is 0 Å². The standard InChI is InChI=1S/C55H47N3O2/c1-53(2,3)32-28-37-49-38(29-32)52-51(60-52)36-31-34(57-47-22-14-10-18-41(47)55(6,7)42-19-11-15-23-48(42)57)25-27-44(36)58(49)43-26-24-33(30-35(43)50(37)59)56-45-20-12-8-16-39(45)54(4,5)40-17-9-13-21-46(40)56/h8-31,51-52H,1-7H3. The number of nitrogens with zero attached hydrogens (tertiary/aromatic N) is 3. The van der Waals surface area contributed by atoms with E-state index in [0.717, 1.165) is 61.5 Å². The fourth-order valence-corrected chi connectivity index (χ4v) is 10.9. The number of pyridine rings is 1. The minimum atomic E-state index is -0.182.